The topological polar surface area (TPSA) is 17.8 Å². The minimum absolute atomic E-state index is 0. The number of hydrogen-bond acceptors (Lipinski definition) is 0. The van der Waals surface area contributed by atoms with E-state index in [0.29, 0.717) is 0 Å². The van der Waals surface area contributed by atoms with Crippen LogP contribution in [0, 0.1) is 0 Å². The Hall–Kier alpha value is -0.799. The van der Waals surface area contributed by atoms with Gasteiger partial charge in [0.15, 0.2) is 0 Å². The van der Waals surface area contributed by atoms with E-state index in [1.807, 2.05) is 0 Å². The van der Waals surface area contributed by atoms with Crippen molar-refractivity contribution in [3.05, 3.63) is 91.0 Å². The summed E-state index contributed by atoms with van der Waals surface area (Å²) in [5, 5.41) is 0. The Morgan fingerprint density at radius 1 is 0.417 bits per heavy atom. The Morgan fingerprint density at radius 2 is 0.667 bits per heavy atom. The first-order valence-electron chi connectivity index (χ1n) is 13.4. The maximum atomic E-state index is 2.24. The van der Waals surface area contributed by atoms with E-state index < -0.39 is 6.71 Å². The average molecular weight is 517 g/mol. The van der Waals surface area contributed by atoms with Crippen molar-refractivity contribution in [2.24, 2.45) is 0 Å². The summed E-state index contributed by atoms with van der Waals surface area (Å²) in [7, 11) is 13.5. The summed E-state index contributed by atoms with van der Waals surface area (Å²) in [4.78, 5) is 6.45. The zero-order valence-corrected chi connectivity index (χ0v) is 27.2. The molecule has 0 aliphatic heterocycles. The summed E-state index contributed by atoms with van der Waals surface area (Å²) < 4.78 is 0. The van der Waals surface area contributed by atoms with Gasteiger partial charge in [-0.05, 0) is 0 Å². The van der Waals surface area contributed by atoms with Gasteiger partial charge in [0.05, 0.1) is 49.0 Å². The first-order chi connectivity index (χ1) is 16.9. The molecule has 4 N–H and O–H groups in total. The van der Waals surface area contributed by atoms with E-state index in [4.69, 9.17) is 0 Å². The van der Waals surface area contributed by atoms with Gasteiger partial charge in [0.2, 0.25) is 0 Å². The second-order valence-electron chi connectivity index (χ2n) is 10.9. The summed E-state index contributed by atoms with van der Waals surface area (Å²) in [6.07, 6.45) is 0. The molecule has 3 rings (SSSR count). The van der Waals surface area contributed by atoms with Gasteiger partial charge >= 0.3 is 51.4 Å². The van der Waals surface area contributed by atoms with Gasteiger partial charge in [-0.15, -0.1) is 0 Å². The van der Waals surface area contributed by atoms with Gasteiger partial charge in [0.1, 0.15) is 39.3 Å². The summed E-state index contributed by atoms with van der Waals surface area (Å²) in [6.45, 7) is 7.10. The van der Waals surface area contributed by atoms with Crippen molar-refractivity contribution in [2.75, 3.05) is 81.6 Å². The quantitative estimate of drug-likeness (QED) is 0.172. The molecule has 36 heavy (non-hydrogen) atoms. The fourth-order valence-corrected chi connectivity index (χ4v) is 4.50. The predicted molar refractivity (Wildman–Crippen MR) is 154 cm³/mol. The maximum absolute atomic E-state index is 2.24. The normalized spacial score (nSPS) is 11.1. The smallest absolute Gasteiger partial charge is 0.335 e. The molecule has 3 aromatic carbocycles. The molecule has 0 unspecified atom stereocenters. The molecule has 0 spiro atoms. The van der Waals surface area contributed by atoms with E-state index in [9.17, 15) is 0 Å². The number of rotatable bonds is 12. The minimum atomic E-state index is -0.662. The Morgan fingerprint density at radius 3 is 0.889 bits per heavy atom. The molecule has 0 heterocycles. The van der Waals surface area contributed by atoms with Gasteiger partial charge in [-0.1, -0.05) is 91.0 Å². The minimum Gasteiger partial charge on any atom is -0.335 e. The average Bonchev–Trinajstić information content (AvgIpc) is 2.86. The third-order valence-corrected chi connectivity index (χ3v) is 6.69. The largest absolute Gasteiger partial charge is 1.00 e. The Labute approximate surface area is 264 Å². The summed E-state index contributed by atoms with van der Waals surface area (Å²) in [5.41, 5.74) is 4.25. The molecule has 0 bridgehead atoms. The number of hydrogen-bond donors (Lipinski definition) is 4. The first kappa shape index (κ1) is 33.2. The zero-order valence-electron chi connectivity index (χ0n) is 24.1. The van der Waals surface area contributed by atoms with Crippen LogP contribution in [-0.2, 0) is 0 Å². The Balaban J connectivity index is 0.000000357. The van der Waals surface area contributed by atoms with Crippen molar-refractivity contribution in [3.63, 3.8) is 0 Å². The zero-order chi connectivity index (χ0) is 25.5. The molecule has 0 atom stereocenters. The van der Waals surface area contributed by atoms with Gasteiger partial charge in [0, 0.05) is 0 Å². The Bertz CT molecular complexity index is 786. The van der Waals surface area contributed by atoms with E-state index in [1.54, 1.807) is 19.6 Å². The van der Waals surface area contributed by atoms with Crippen molar-refractivity contribution >= 4 is 23.1 Å². The molecule has 3 aromatic rings. The SMILES string of the molecule is C[NH+](C)CC[NH+](CC[NH+](C)C)CC[NH+](C)C.[K+].c1ccc([BH-](c2ccccc2)c2ccccc2)cc1. The van der Waals surface area contributed by atoms with Crippen molar-refractivity contribution in [1.82, 2.24) is 0 Å². The van der Waals surface area contributed by atoms with Gasteiger partial charge in [0.25, 0.3) is 0 Å². The third-order valence-electron chi connectivity index (χ3n) is 6.69. The van der Waals surface area contributed by atoms with Crippen LogP contribution in [0.4, 0.5) is 0 Å². The van der Waals surface area contributed by atoms with Gasteiger partial charge in [-0.25, -0.2) is 16.4 Å². The van der Waals surface area contributed by atoms with Gasteiger partial charge in [-0.3, -0.25) is 0 Å². The van der Waals surface area contributed by atoms with Crippen LogP contribution < -0.4 is 87.4 Å². The molecule has 4 nitrogen and oxygen atoms in total. The molecule has 190 valence electrons. The molecular weight excluding hydrogens is 466 g/mol. The second-order valence-corrected chi connectivity index (χ2v) is 10.9. The maximum Gasteiger partial charge on any atom is 1.00 e. The molecule has 6 heteroatoms. The van der Waals surface area contributed by atoms with Crippen LogP contribution in [0.1, 0.15) is 0 Å². The van der Waals surface area contributed by atoms with Crippen LogP contribution in [0.25, 0.3) is 0 Å². The Kier molecular flexibility index (Phi) is 17.8. The number of likely N-dealkylation sites (N-methyl/N-ethyl adjacent to an activating group) is 3. The predicted octanol–water partition coefficient (Wildman–Crippen LogP) is -6.76. The standard InChI is InChI=1S/C18H16B.C12H30N4.K/c1-4-10-16(11-5-1)19(17-12-6-2-7-13-17)18-14-8-3-9-15-18;1-13(2)7-10-16(11-8-14(3)4)12-9-15(5)6;/h1-15,19H;7-12H2,1-6H3;/q-1;;+1/p+4. The van der Waals surface area contributed by atoms with Crippen molar-refractivity contribution in [2.45, 2.75) is 0 Å². The molecule has 0 aliphatic carbocycles. The second kappa shape index (κ2) is 19.3. The van der Waals surface area contributed by atoms with Crippen LogP contribution in [0.5, 0.6) is 0 Å². The number of quaternary nitrogens is 4. The summed E-state index contributed by atoms with van der Waals surface area (Å²) >= 11 is 0. The molecule has 0 fully saturated rings. The molecule has 0 aliphatic rings. The van der Waals surface area contributed by atoms with Crippen LogP contribution in [0.2, 0.25) is 0 Å². The molecular formula is C30H50BKN4+4. The summed E-state index contributed by atoms with van der Waals surface area (Å²) in [6, 6.07) is 32.4. The van der Waals surface area contributed by atoms with Crippen LogP contribution in [-0.4, -0.2) is 88.3 Å². The first-order valence-corrected chi connectivity index (χ1v) is 13.4. The van der Waals surface area contributed by atoms with E-state index >= 15 is 0 Å². The number of nitrogens with one attached hydrogen (secondary N) is 4. The van der Waals surface area contributed by atoms with Crippen molar-refractivity contribution in [3.8, 4) is 0 Å². The monoisotopic (exact) mass is 516 g/mol. The molecule has 0 saturated heterocycles. The van der Waals surface area contributed by atoms with Gasteiger partial charge < -0.3 is 19.6 Å². The van der Waals surface area contributed by atoms with E-state index in [-0.39, 0.29) is 51.4 Å². The van der Waals surface area contributed by atoms with Gasteiger partial charge in [-0.2, -0.15) is 0 Å². The van der Waals surface area contributed by atoms with Crippen LogP contribution in [0.15, 0.2) is 91.0 Å². The van der Waals surface area contributed by atoms with Crippen LogP contribution >= 0.6 is 0 Å². The number of benzene rings is 3. The fraction of sp³-hybridized carbons (Fsp3) is 0.400. The van der Waals surface area contributed by atoms with Crippen molar-refractivity contribution < 1.29 is 71.0 Å². The third kappa shape index (κ3) is 13.7. The molecule has 0 amide bonds. The fourth-order valence-electron chi connectivity index (χ4n) is 4.50. The van der Waals surface area contributed by atoms with Crippen LogP contribution in [0.3, 0.4) is 0 Å². The molecule has 0 radical (unpaired) electrons. The summed E-state index contributed by atoms with van der Waals surface area (Å²) in [5.74, 6) is 0. The van der Waals surface area contributed by atoms with E-state index in [2.05, 4.69) is 133 Å². The van der Waals surface area contributed by atoms with E-state index in [0.717, 1.165) is 0 Å². The van der Waals surface area contributed by atoms with E-state index in [1.165, 1.54) is 55.7 Å². The molecule has 0 aromatic heterocycles. The molecule has 0 saturated carbocycles. The van der Waals surface area contributed by atoms with Crippen molar-refractivity contribution in [1.29, 1.82) is 0 Å².